The van der Waals surface area contributed by atoms with Gasteiger partial charge in [-0.1, -0.05) is 83.5 Å². The molecule has 1 unspecified atom stereocenters. The van der Waals surface area contributed by atoms with E-state index in [1.807, 2.05) is 81.4 Å². The minimum atomic E-state index is -0.679. The van der Waals surface area contributed by atoms with Gasteiger partial charge in [-0.2, -0.15) is 4.98 Å². The lowest BCUT2D eigenvalue weighted by Crippen LogP contribution is -2.31. The van der Waals surface area contributed by atoms with Crippen molar-refractivity contribution in [3.63, 3.8) is 0 Å². The lowest BCUT2D eigenvalue weighted by atomic mass is 9.94. The summed E-state index contributed by atoms with van der Waals surface area (Å²) in [5, 5.41) is 12.7. The molecule has 48 heavy (non-hydrogen) atoms. The number of aromatic nitrogens is 3. The van der Waals surface area contributed by atoms with Crippen molar-refractivity contribution in [1.29, 1.82) is 0 Å². The predicted molar refractivity (Wildman–Crippen MR) is 189 cm³/mol. The predicted octanol–water partition coefficient (Wildman–Crippen LogP) is 9.23. The normalized spacial score (nSPS) is 13.9. The van der Waals surface area contributed by atoms with Crippen LogP contribution >= 0.6 is 35.0 Å². The fourth-order valence-electron chi connectivity index (χ4n) is 5.36. The Morgan fingerprint density at radius 2 is 1.75 bits per heavy atom. The Labute approximate surface area is 292 Å². The zero-order valence-electron chi connectivity index (χ0n) is 26.4. The summed E-state index contributed by atoms with van der Waals surface area (Å²) in [6.07, 6.45) is 0. The van der Waals surface area contributed by atoms with Crippen LogP contribution in [0.25, 0.3) is 0 Å². The highest BCUT2D eigenvalue weighted by Gasteiger charge is 2.35. The SMILES string of the molecule is CCOc1cc(C2C(C(=O)Nc3ccccc3C)=C(C)Nc3nc(SCc4ccccc4Cl)nn32)ccc1OCc1c(F)cccc1Cl. The summed E-state index contributed by atoms with van der Waals surface area (Å²) in [4.78, 5) is 18.8. The van der Waals surface area contributed by atoms with Crippen LogP contribution in [0.2, 0.25) is 10.0 Å². The number of hydrogen-bond donors (Lipinski definition) is 2. The Bertz CT molecular complexity index is 2000. The number of anilines is 2. The average Bonchev–Trinajstić information content (AvgIpc) is 3.47. The number of halogens is 3. The van der Waals surface area contributed by atoms with E-state index in [0.29, 0.717) is 62.5 Å². The number of nitrogens with zero attached hydrogens (tertiary/aromatic N) is 3. The first kappa shape index (κ1) is 33.4. The van der Waals surface area contributed by atoms with Crippen LogP contribution in [0.3, 0.4) is 0 Å². The monoisotopic (exact) mass is 703 g/mol. The number of amides is 1. The second-order valence-corrected chi connectivity index (χ2v) is 12.8. The van der Waals surface area contributed by atoms with Crippen molar-refractivity contribution in [2.75, 3.05) is 17.2 Å². The third kappa shape index (κ3) is 7.16. The minimum absolute atomic E-state index is 0.0966. The molecule has 0 aliphatic carbocycles. The molecule has 1 aliphatic heterocycles. The summed E-state index contributed by atoms with van der Waals surface area (Å²) in [6, 6.07) is 24.4. The van der Waals surface area contributed by atoms with E-state index in [2.05, 4.69) is 10.6 Å². The fraction of sp³-hybridized carbons (Fsp3) is 0.194. The lowest BCUT2D eigenvalue weighted by Gasteiger charge is -2.29. The molecule has 2 heterocycles. The summed E-state index contributed by atoms with van der Waals surface area (Å²) in [6.45, 7) is 5.89. The maximum Gasteiger partial charge on any atom is 0.255 e. The molecular weight excluding hydrogens is 672 g/mol. The number of nitrogens with one attached hydrogen (secondary N) is 2. The molecule has 0 saturated heterocycles. The van der Waals surface area contributed by atoms with Gasteiger partial charge < -0.3 is 20.1 Å². The zero-order chi connectivity index (χ0) is 33.8. The van der Waals surface area contributed by atoms with E-state index in [-0.39, 0.29) is 23.1 Å². The Morgan fingerprint density at radius 1 is 0.979 bits per heavy atom. The van der Waals surface area contributed by atoms with E-state index in [0.717, 1.165) is 11.1 Å². The van der Waals surface area contributed by atoms with Crippen molar-refractivity contribution < 1.29 is 18.7 Å². The van der Waals surface area contributed by atoms with Crippen molar-refractivity contribution in [3.05, 3.63) is 134 Å². The highest BCUT2D eigenvalue weighted by Crippen LogP contribution is 2.41. The van der Waals surface area contributed by atoms with E-state index in [1.165, 1.54) is 17.8 Å². The molecule has 246 valence electrons. The summed E-state index contributed by atoms with van der Waals surface area (Å²) in [7, 11) is 0. The second-order valence-electron chi connectivity index (χ2n) is 11.0. The van der Waals surface area contributed by atoms with E-state index < -0.39 is 11.9 Å². The molecule has 1 amide bonds. The van der Waals surface area contributed by atoms with E-state index in [9.17, 15) is 9.18 Å². The molecule has 0 fully saturated rings. The van der Waals surface area contributed by atoms with Crippen LogP contribution in [0.4, 0.5) is 16.0 Å². The number of carbonyl (C=O) groups excluding carboxylic acids is 1. The van der Waals surface area contributed by atoms with Gasteiger partial charge in [-0.15, -0.1) is 5.10 Å². The van der Waals surface area contributed by atoms with Gasteiger partial charge in [0.1, 0.15) is 18.5 Å². The van der Waals surface area contributed by atoms with Crippen LogP contribution in [0.1, 0.15) is 42.1 Å². The van der Waals surface area contributed by atoms with Gasteiger partial charge in [0.2, 0.25) is 11.1 Å². The molecule has 8 nitrogen and oxygen atoms in total. The summed E-state index contributed by atoms with van der Waals surface area (Å²) in [5.41, 5.74) is 4.62. The molecule has 1 aromatic heterocycles. The molecule has 6 rings (SSSR count). The van der Waals surface area contributed by atoms with Crippen molar-refractivity contribution in [2.24, 2.45) is 0 Å². The highest BCUT2D eigenvalue weighted by atomic mass is 35.5. The number of carbonyl (C=O) groups is 1. The number of rotatable bonds is 11. The van der Waals surface area contributed by atoms with Crippen LogP contribution < -0.4 is 20.1 Å². The molecule has 0 saturated carbocycles. The number of ether oxygens (including phenoxy) is 2. The number of benzene rings is 4. The Kier molecular flexibility index (Phi) is 10.2. The molecular formula is C36H32Cl2FN5O3S. The quantitative estimate of drug-likeness (QED) is 0.133. The molecule has 2 N–H and O–H groups in total. The second kappa shape index (κ2) is 14.7. The Balaban J connectivity index is 1.37. The van der Waals surface area contributed by atoms with Gasteiger partial charge in [0.25, 0.3) is 5.91 Å². The van der Waals surface area contributed by atoms with Gasteiger partial charge in [0.15, 0.2) is 11.5 Å². The van der Waals surface area contributed by atoms with Crippen molar-refractivity contribution in [2.45, 2.75) is 44.3 Å². The topological polar surface area (TPSA) is 90.3 Å². The maximum absolute atomic E-state index is 14.5. The fourth-order valence-corrected chi connectivity index (χ4v) is 6.69. The van der Waals surface area contributed by atoms with Crippen LogP contribution in [-0.4, -0.2) is 27.3 Å². The summed E-state index contributed by atoms with van der Waals surface area (Å²) in [5.74, 6) is 1.12. The van der Waals surface area contributed by atoms with Gasteiger partial charge in [-0.05, 0) is 73.9 Å². The molecule has 0 radical (unpaired) electrons. The van der Waals surface area contributed by atoms with Crippen molar-refractivity contribution >= 4 is 52.5 Å². The third-order valence-corrected chi connectivity index (χ3v) is 9.41. The largest absolute Gasteiger partial charge is 0.490 e. The van der Waals surface area contributed by atoms with E-state index >= 15 is 0 Å². The van der Waals surface area contributed by atoms with Crippen LogP contribution in [0.15, 0.2) is 101 Å². The molecule has 1 atom stereocenters. The Hall–Kier alpha value is -4.51. The number of hydrogen-bond acceptors (Lipinski definition) is 7. The number of para-hydroxylation sites is 1. The molecule has 1 aliphatic rings. The van der Waals surface area contributed by atoms with Crippen LogP contribution in [-0.2, 0) is 17.2 Å². The van der Waals surface area contributed by atoms with Gasteiger partial charge in [0, 0.05) is 27.7 Å². The minimum Gasteiger partial charge on any atom is -0.490 e. The first-order chi connectivity index (χ1) is 23.2. The molecule has 0 bridgehead atoms. The third-order valence-electron chi connectivity index (χ3n) is 7.80. The maximum atomic E-state index is 14.5. The first-order valence-corrected chi connectivity index (χ1v) is 17.0. The number of allylic oxidation sites excluding steroid dienone is 1. The molecule has 5 aromatic rings. The standard InChI is InChI=1S/C36H32Cl2FN5O3S/c1-4-46-31-18-23(16-17-30(31)47-19-25-27(38)13-9-14-28(25)39)33-32(34(45)41-29-15-8-5-10-21(29)2)22(3)40-35-42-36(43-44(33)35)48-20-24-11-6-7-12-26(24)37/h5-18,33H,4,19-20H2,1-3H3,(H,41,45)(H,40,42,43). The molecule has 0 spiro atoms. The van der Waals surface area contributed by atoms with Gasteiger partial charge in [-0.25, -0.2) is 9.07 Å². The van der Waals surface area contributed by atoms with Gasteiger partial charge in [-0.3, -0.25) is 4.79 Å². The first-order valence-electron chi connectivity index (χ1n) is 15.2. The van der Waals surface area contributed by atoms with Gasteiger partial charge in [0.05, 0.1) is 17.2 Å². The highest BCUT2D eigenvalue weighted by molar-refractivity contribution is 7.98. The number of thioether (sulfide) groups is 1. The lowest BCUT2D eigenvalue weighted by molar-refractivity contribution is -0.113. The number of fused-ring (bicyclic) bond motifs is 1. The van der Waals surface area contributed by atoms with E-state index in [4.69, 9.17) is 42.8 Å². The smallest absolute Gasteiger partial charge is 0.255 e. The van der Waals surface area contributed by atoms with Crippen molar-refractivity contribution in [3.8, 4) is 11.5 Å². The summed E-state index contributed by atoms with van der Waals surface area (Å²) < 4.78 is 28.2. The van der Waals surface area contributed by atoms with Crippen LogP contribution in [0.5, 0.6) is 11.5 Å². The average molecular weight is 705 g/mol. The molecule has 4 aromatic carbocycles. The Morgan fingerprint density at radius 3 is 2.52 bits per heavy atom. The van der Waals surface area contributed by atoms with Crippen molar-refractivity contribution in [1.82, 2.24) is 14.8 Å². The van der Waals surface area contributed by atoms with E-state index in [1.54, 1.807) is 22.9 Å². The summed E-state index contributed by atoms with van der Waals surface area (Å²) >= 11 is 14.1. The number of aryl methyl sites for hydroxylation is 1. The van der Waals surface area contributed by atoms with Crippen LogP contribution in [0, 0.1) is 12.7 Å². The zero-order valence-corrected chi connectivity index (χ0v) is 28.7. The molecule has 12 heteroatoms. The van der Waals surface area contributed by atoms with Gasteiger partial charge >= 0.3 is 0 Å².